The van der Waals surface area contributed by atoms with E-state index in [1.165, 1.54) is 25.3 Å². The molecule has 136 valence electrons. The number of halogens is 2. The number of esters is 1. The molecule has 0 heterocycles. The summed E-state index contributed by atoms with van der Waals surface area (Å²) in [5, 5.41) is 0. The van der Waals surface area contributed by atoms with Gasteiger partial charge in [0.2, 0.25) is 0 Å². The maximum atomic E-state index is 13.3. The minimum absolute atomic E-state index is 0.0698. The van der Waals surface area contributed by atoms with Crippen molar-refractivity contribution in [3.05, 3.63) is 35.4 Å². The summed E-state index contributed by atoms with van der Waals surface area (Å²) in [6, 6.07) is 3.13. The van der Waals surface area contributed by atoms with Gasteiger partial charge in [-0.15, -0.1) is 0 Å². The summed E-state index contributed by atoms with van der Waals surface area (Å²) < 4.78 is 31.8. The highest BCUT2D eigenvalue weighted by Gasteiger charge is 2.17. The third-order valence-corrected chi connectivity index (χ3v) is 4.19. The fourth-order valence-corrected chi connectivity index (χ4v) is 2.70. The lowest BCUT2D eigenvalue weighted by Gasteiger charge is -2.18. The normalized spacial score (nSPS) is 12.2. The average molecular weight is 340 g/mol. The van der Waals surface area contributed by atoms with Crippen LogP contribution in [0.2, 0.25) is 0 Å². The van der Waals surface area contributed by atoms with Crippen LogP contribution < -0.4 is 0 Å². The van der Waals surface area contributed by atoms with Crippen molar-refractivity contribution >= 4 is 5.97 Å². The van der Waals surface area contributed by atoms with Crippen molar-refractivity contribution in [3.8, 4) is 0 Å². The maximum absolute atomic E-state index is 13.3. The summed E-state index contributed by atoms with van der Waals surface area (Å²) in [5.74, 6) is -2.54. The van der Waals surface area contributed by atoms with Gasteiger partial charge in [-0.05, 0) is 43.9 Å². The minimum Gasteiger partial charge on any atom is -0.459 e. The summed E-state index contributed by atoms with van der Waals surface area (Å²) in [4.78, 5) is 12.2. The lowest BCUT2D eigenvalue weighted by atomic mass is 10.0. The third kappa shape index (κ3) is 7.89. The van der Waals surface area contributed by atoms with Crippen LogP contribution >= 0.6 is 0 Å². The molecule has 0 saturated carbocycles. The van der Waals surface area contributed by atoms with Crippen LogP contribution in [0, 0.1) is 11.6 Å². The molecule has 4 heteroatoms. The Labute approximate surface area is 144 Å². The molecule has 0 spiro atoms. The van der Waals surface area contributed by atoms with Crippen LogP contribution in [0.5, 0.6) is 0 Å². The number of carbonyl (C=O) groups is 1. The number of rotatable bonds is 12. The van der Waals surface area contributed by atoms with E-state index in [1.807, 2.05) is 0 Å². The zero-order valence-electron chi connectivity index (χ0n) is 15.0. The molecule has 1 rings (SSSR count). The fourth-order valence-electron chi connectivity index (χ4n) is 2.70. The molecule has 0 bridgehead atoms. The first-order chi connectivity index (χ1) is 11.6. The van der Waals surface area contributed by atoms with E-state index in [0.717, 1.165) is 57.1 Å². The molecule has 0 aromatic heterocycles. The molecule has 1 atom stereocenters. The Hall–Kier alpha value is -1.45. The number of unbranched alkanes of at least 4 members (excludes halogenated alkanes) is 6. The molecule has 0 fully saturated rings. The lowest BCUT2D eigenvalue weighted by molar-refractivity contribution is 0.0248. The Kier molecular flexibility index (Phi) is 10.3. The molecule has 0 aliphatic rings. The molecule has 0 aliphatic heterocycles. The van der Waals surface area contributed by atoms with Gasteiger partial charge in [0.15, 0.2) is 11.6 Å². The predicted octanol–water partition coefficient (Wildman–Crippen LogP) is 6.43. The van der Waals surface area contributed by atoms with Crippen molar-refractivity contribution < 1.29 is 18.3 Å². The Morgan fingerprint density at radius 2 is 1.50 bits per heavy atom. The van der Waals surface area contributed by atoms with Gasteiger partial charge < -0.3 is 4.74 Å². The highest BCUT2D eigenvalue weighted by atomic mass is 19.2. The number of ether oxygens (including phenoxy) is 1. The number of hydrogen-bond donors (Lipinski definition) is 0. The van der Waals surface area contributed by atoms with Crippen molar-refractivity contribution in [2.24, 2.45) is 0 Å². The zero-order valence-corrected chi connectivity index (χ0v) is 15.0. The Morgan fingerprint density at radius 1 is 0.917 bits per heavy atom. The van der Waals surface area contributed by atoms with Crippen molar-refractivity contribution in [3.63, 3.8) is 0 Å². The van der Waals surface area contributed by atoms with E-state index in [2.05, 4.69) is 13.8 Å². The van der Waals surface area contributed by atoms with Gasteiger partial charge >= 0.3 is 5.97 Å². The second kappa shape index (κ2) is 12.0. The van der Waals surface area contributed by atoms with Gasteiger partial charge in [0.1, 0.15) is 6.10 Å². The molecule has 1 unspecified atom stereocenters. The van der Waals surface area contributed by atoms with E-state index in [4.69, 9.17) is 4.74 Å². The number of carbonyl (C=O) groups excluding carboxylic acids is 1. The molecular formula is C20H30F2O2. The summed E-state index contributed by atoms with van der Waals surface area (Å²) in [7, 11) is 0. The molecule has 2 nitrogen and oxygen atoms in total. The lowest BCUT2D eigenvalue weighted by Crippen LogP contribution is -2.19. The second-order valence-electron chi connectivity index (χ2n) is 6.35. The molecule has 0 N–H and O–H groups in total. The first kappa shape index (κ1) is 20.6. The van der Waals surface area contributed by atoms with Crippen LogP contribution in [0.25, 0.3) is 0 Å². The summed E-state index contributed by atoms with van der Waals surface area (Å²) in [6.45, 7) is 4.31. The van der Waals surface area contributed by atoms with Gasteiger partial charge in [-0.3, -0.25) is 0 Å². The smallest absolute Gasteiger partial charge is 0.338 e. The molecular weight excluding hydrogens is 310 g/mol. The van der Waals surface area contributed by atoms with Crippen LogP contribution in [0.4, 0.5) is 8.78 Å². The van der Waals surface area contributed by atoms with Crippen LogP contribution in [0.15, 0.2) is 18.2 Å². The van der Waals surface area contributed by atoms with Crippen molar-refractivity contribution in [2.75, 3.05) is 0 Å². The Bertz CT molecular complexity index is 489. The first-order valence-corrected chi connectivity index (χ1v) is 9.24. The minimum atomic E-state index is -1.02. The molecule has 1 aromatic rings. The van der Waals surface area contributed by atoms with Crippen molar-refractivity contribution in [2.45, 2.75) is 84.2 Å². The highest BCUT2D eigenvalue weighted by molar-refractivity contribution is 5.89. The van der Waals surface area contributed by atoms with Crippen LogP contribution in [0.1, 0.15) is 88.4 Å². The van der Waals surface area contributed by atoms with Crippen LogP contribution in [-0.4, -0.2) is 12.1 Å². The van der Waals surface area contributed by atoms with Gasteiger partial charge in [0.05, 0.1) is 5.56 Å². The van der Waals surface area contributed by atoms with Crippen molar-refractivity contribution in [1.82, 2.24) is 0 Å². The predicted molar refractivity (Wildman–Crippen MR) is 93.1 cm³/mol. The largest absolute Gasteiger partial charge is 0.459 e. The number of hydrogen-bond acceptors (Lipinski definition) is 2. The van der Waals surface area contributed by atoms with Gasteiger partial charge in [-0.2, -0.15) is 0 Å². The van der Waals surface area contributed by atoms with Crippen LogP contribution in [0.3, 0.4) is 0 Å². The SMILES string of the molecule is CCCCCCCC(CCCCC)OC(=O)c1ccc(F)c(F)c1. The molecule has 0 saturated heterocycles. The monoisotopic (exact) mass is 340 g/mol. The Balaban J connectivity index is 2.54. The molecule has 0 amide bonds. The second-order valence-corrected chi connectivity index (χ2v) is 6.35. The number of benzene rings is 1. The summed E-state index contributed by atoms with van der Waals surface area (Å²) >= 11 is 0. The maximum Gasteiger partial charge on any atom is 0.338 e. The quantitative estimate of drug-likeness (QED) is 0.324. The Morgan fingerprint density at radius 3 is 2.12 bits per heavy atom. The molecule has 24 heavy (non-hydrogen) atoms. The standard InChI is InChI=1S/C20H30F2O2/c1-3-5-7-8-10-12-17(11-9-6-4-2)24-20(23)16-13-14-18(21)19(22)15-16/h13-15,17H,3-12H2,1-2H3. The van der Waals surface area contributed by atoms with E-state index in [9.17, 15) is 13.6 Å². The summed E-state index contributed by atoms with van der Waals surface area (Å²) in [5.41, 5.74) is 0.0698. The van der Waals surface area contributed by atoms with Crippen LogP contribution in [-0.2, 0) is 4.74 Å². The van der Waals surface area contributed by atoms with E-state index in [0.29, 0.717) is 0 Å². The highest BCUT2D eigenvalue weighted by Crippen LogP contribution is 2.18. The molecule has 0 radical (unpaired) electrons. The zero-order chi connectivity index (χ0) is 17.8. The molecule has 1 aromatic carbocycles. The third-order valence-electron chi connectivity index (χ3n) is 4.19. The van der Waals surface area contributed by atoms with Gasteiger partial charge in [0.25, 0.3) is 0 Å². The van der Waals surface area contributed by atoms with Gasteiger partial charge in [-0.25, -0.2) is 13.6 Å². The van der Waals surface area contributed by atoms with Gasteiger partial charge in [0, 0.05) is 0 Å². The van der Waals surface area contributed by atoms with E-state index >= 15 is 0 Å². The van der Waals surface area contributed by atoms with E-state index in [1.54, 1.807) is 0 Å². The van der Waals surface area contributed by atoms with E-state index < -0.39 is 17.6 Å². The van der Waals surface area contributed by atoms with Gasteiger partial charge in [-0.1, -0.05) is 52.4 Å². The fraction of sp³-hybridized carbons (Fsp3) is 0.650. The molecule has 0 aliphatic carbocycles. The summed E-state index contributed by atoms with van der Waals surface area (Å²) in [6.07, 6.45) is 10.6. The van der Waals surface area contributed by atoms with Crippen molar-refractivity contribution in [1.29, 1.82) is 0 Å². The average Bonchev–Trinajstić information content (AvgIpc) is 2.57. The van der Waals surface area contributed by atoms with E-state index in [-0.39, 0.29) is 11.7 Å². The first-order valence-electron chi connectivity index (χ1n) is 9.24. The topological polar surface area (TPSA) is 26.3 Å².